The smallest absolute Gasteiger partial charge is 0.335 e. The first kappa shape index (κ1) is 23.6. The van der Waals surface area contributed by atoms with Crippen LogP contribution in [0.15, 0.2) is 66.2 Å². The first-order valence-electron chi connectivity index (χ1n) is 9.79. The molecule has 7 nitrogen and oxygen atoms in total. The monoisotopic (exact) mass is 516 g/mol. The van der Waals surface area contributed by atoms with Gasteiger partial charge < -0.3 is 9.84 Å². The summed E-state index contributed by atoms with van der Waals surface area (Å²) in [5.41, 5.74) is 1.18. The third-order valence-electron chi connectivity index (χ3n) is 4.85. The summed E-state index contributed by atoms with van der Waals surface area (Å²) >= 11 is 18.3. The van der Waals surface area contributed by atoms with Crippen molar-refractivity contribution in [1.82, 2.24) is 5.32 Å². The Morgan fingerprint density at radius 1 is 0.882 bits per heavy atom. The van der Waals surface area contributed by atoms with E-state index in [1.165, 1.54) is 36.4 Å². The van der Waals surface area contributed by atoms with Crippen molar-refractivity contribution in [3.05, 3.63) is 92.4 Å². The van der Waals surface area contributed by atoms with Crippen LogP contribution in [0.25, 0.3) is 6.08 Å². The third kappa shape index (κ3) is 5.02. The van der Waals surface area contributed by atoms with Gasteiger partial charge in [-0.2, -0.15) is 0 Å². The van der Waals surface area contributed by atoms with Gasteiger partial charge in [-0.15, -0.1) is 0 Å². The van der Waals surface area contributed by atoms with Crippen LogP contribution in [-0.2, 0) is 16.2 Å². The van der Waals surface area contributed by atoms with Gasteiger partial charge in [-0.05, 0) is 65.7 Å². The Morgan fingerprint density at radius 3 is 2.29 bits per heavy atom. The fraction of sp³-hybridized carbons (Fsp3) is 0.0417. The zero-order valence-electron chi connectivity index (χ0n) is 17.2. The Morgan fingerprint density at radius 2 is 1.62 bits per heavy atom. The molecule has 3 aromatic rings. The molecule has 0 atom stereocenters. The Labute approximate surface area is 209 Å². The number of phenols is 1. The third-order valence-corrected chi connectivity index (χ3v) is 5.89. The molecule has 0 aliphatic carbocycles. The van der Waals surface area contributed by atoms with E-state index in [0.29, 0.717) is 21.4 Å². The van der Waals surface area contributed by atoms with Crippen molar-refractivity contribution < 1.29 is 24.2 Å². The van der Waals surface area contributed by atoms with Crippen LogP contribution in [-0.4, -0.2) is 23.0 Å². The second kappa shape index (κ2) is 9.77. The van der Waals surface area contributed by atoms with E-state index in [4.69, 9.17) is 39.5 Å². The van der Waals surface area contributed by atoms with E-state index in [2.05, 4.69) is 5.32 Å². The highest BCUT2D eigenvalue weighted by Crippen LogP contribution is 2.30. The molecule has 2 N–H and O–H groups in total. The summed E-state index contributed by atoms with van der Waals surface area (Å²) in [6, 6.07) is 14.4. The maximum absolute atomic E-state index is 12.9. The molecule has 172 valence electrons. The molecule has 1 fully saturated rings. The lowest BCUT2D eigenvalue weighted by atomic mass is 10.1. The number of nitrogens with zero attached hydrogens (tertiary/aromatic N) is 1. The van der Waals surface area contributed by atoms with Crippen molar-refractivity contribution in [2.24, 2.45) is 0 Å². The van der Waals surface area contributed by atoms with Gasteiger partial charge in [0.15, 0.2) is 0 Å². The first-order valence-corrected chi connectivity index (χ1v) is 10.9. The molecule has 0 aromatic heterocycles. The number of aromatic hydroxyl groups is 1. The Balaban J connectivity index is 1.55. The molecule has 0 unspecified atom stereocenters. The number of benzene rings is 3. The van der Waals surface area contributed by atoms with Gasteiger partial charge in [0.1, 0.15) is 23.7 Å². The summed E-state index contributed by atoms with van der Waals surface area (Å²) in [4.78, 5) is 38.3. The summed E-state index contributed by atoms with van der Waals surface area (Å²) in [5, 5.41) is 12.7. The molecule has 34 heavy (non-hydrogen) atoms. The molecule has 4 rings (SSSR count). The van der Waals surface area contributed by atoms with Crippen LogP contribution < -0.4 is 15.0 Å². The van der Waals surface area contributed by atoms with Gasteiger partial charge in [-0.25, -0.2) is 9.69 Å². The molecule has 1 heterocycles. The fourth-order valence-electron chi connectivity index (χ4n) is 3.17. The van der Waals surface area contributed by atoms with Crippen molar-refractivity contribution in [2.75, 3.05) is 4.90 Å². The van der Waals surface area contributed by atoms with Gasteiger partial charge >= 0.3 is 6.03 Å². The van der Waals surface area contributed by atoms with Gasteiger partial charge in [-0.1, -0.05) is 46.9 Å². The summed E-state index contributed by atoms with van der Waals surface area (Å²) in [6.07, 6.45) is 1.33. The number of ether oxygens (including phenoxy) is 1. The predicted octanol–water partition coefficient (Wildman–Crippen LogP) is 5.60. The Kier molecular flexibility index (Phi) is 6.79. The highest BCUT2D eigenvalue weighted by atomic mass is 35.5. The minimum atomic E-state index is -0.887. The average molecular weight is 518 g/mol. The molecule has 1 aliphatic heterocycles. The zero-order chi connectivity index (χ0) is 24.4. The second-order valence-corrected chi connectivity index (χ2v) is 8.42. The van der Waals surface area contributed by atoms with E-state index in [0.717, 1.165) is 10.5 Å². The number of imide groups is 2. The molecular weight excluding hydrogens is 503 g/mol. The van der Waals surface area contributed by atoms with E-state index in [-0.39, 0.29) is 28.6 Å². The molecule has 0 saturated carbocycles. The molecule has 10 heteroatoms. The highest BCUT2D eigenvalue weighted by Gasteiger charge is 2.36. The van der Waals surface area contributed by atoms with Crippen LogP contribution in [0.1, 0.15) is 11.1 Å². The maximum atomic E-state index is 12.9. The van der Waals surface area contributed by atoms with Crippen LogP contribution in [0.3, 0.4) is 0 Å². The van der Waals surface area contributed by atoms with Gasteiger partial charge in [0.2, 0.25) is 0 Å². The number of phenolic OH excluding ortho intramolecular Hbond substituents is 1. The summed E-state index contributed by atoms with van der Waals surface area (Å²) < 4.78 is 5.73. The Hall–Kier alpha value is -3.52. The summed E-state index contributed by atoms with van der Waals surface area (Å²) in [5.74, 6) is -1.29. The lowest BCUT2D eigenvalue weighted by Crippen LogP contribution is -2.54. The lowest BCUT2D eigenvalue weighted by molar-refractivity contribution is -0.122. The zero-order valence-corrected chi connectivity index (χ0v) is 19.5. The molecule has 4 amide bonds. The maximum Gasteiger partial charge on any atom is 0.335 e. The Bertz CT molecular complexity index is 1340. The van der Waals surface area contributed by atoms with Crippen molar-refractivity contribution in [3.63, 3.8) is 0 Å². The van der Waals surface area contributed by atoms with Gasteiger partial charge in [-0.3, -0.25) is 14.9 Å². The van der Waals surface area contributed by atoms with Gasteiger partial charge in [0.25, 0.3) is 11.8 Å². The van der Waals surface area contributed by atoms with Crippen molar-refractivity contribution >= 4 is 64.4 Å². The number of amides is 4. The molecule has 1 saturated heterocycles. The number of hydrogen-bond acceptors (Lipinski definition) is 5. The van der Waals surface area contributed by atoms with Crippen molar-refractivity contribution in [1.29, 1.82) is 0 Å². The minimum Gasteiger partial charge on any atom is -0.508 e. The standard InChI is InChI=1S/C24H15Cl3N2O5/c25-18-7-1-14(11-19(18)26)12-34-21-8-2-13(10-20(21)27)9-17-22(31)28-24(33)29(23(17)32)15-3-5-16(30)6-4-15/h1-11,30H,12H2,(H,28,31,33)/b17-9+. The number of anilines is 1. The normalized spacial score (nSPS) is 15.0. The average Bonchev–Trinajstić information content (AvgIpc) is 2.79. The van der Waals surface area contributed by atoms with Crippen LogP contribution in [0, 0.1) is 0 Å². The largest absolute Gasteiger partial charge is 0.508 e. The number of nitrogens with one attached hydrogen (secondary N) is 1. The number of carbonyl (C=O) groups excluding carboxylic acids is 3. The van der Waals surface area contributed by atoms with E-state index >= 15 is 0 Å². The van der Waals surface area contributed by atoms with Gasteiger partial charge in [0, 0.05) is 0 Å². The number of rotatable bonds is 5. The van der Waals surface area contributed by atoms with Crippen molar-refractivity contribution in [2.45, 2.75) is 6.61 Å². The molecular formula is C24H15Cl3N2O5. The van der Waals surface area contributed by atoms with Crippen LogP contribution in [0.4, 0.5) is 10.5 Å². The number of halogens is 3. The van der Waals surface area contributed by atoms with Crippen LogP contribution >= 0.6 is 34.8 Å². The lowest BCUT2D eigenvalue weighted by Gasteiger charge is -2.26. The highest BCUT2D eigenvalue weighted by molar-refractivity contribution is 6.42. The minimum absolute atomic E-state index is 0.0310. The summed E-state index contributed by atoms with van der Waals surface area (Å²) in [7, 11) is 0. The van der Waals surface area contributed by atoms with Crippen molar-refractivity contribution in [3.8, 4) is 11.5 Å². The van der Waals surface area contributed by atoms with Crippen LogP contribution in [0.2, 0.25) is 15.1 Å². The second-order valence-electron chi connectivity index (χ2n) is 7.20. The fourth-order valence-corrected chi connectivity index (χ4v) is 3.74. The molecule has 1 aliphatic rings. The van der Waals surface area contributed by atoms with Gasteiger partial charge in [0.05, 0.1) is 20.8 Å². The molecule has 0 bridgehead atoms. The van der Waals surface area contributed by atoms with E-state index in [1.807, 2.05) is 0 Å². The van der Waals surface area contributed by atoms with E-state index in [9.17, 15) is 19.5 Å². The predicted molar refractivity (Wildman–Crippen MR) is 129 cm³/mol. The molecule has 0 spiro atoms. The number of hydrogen-bond donors (Lipinski definition) is 2. The topological polar surface area (TPSA) is 95.9 Å². The number of urea groups is 1. The molecule has 0 radical (unpaired) electrons. The SMILES string of the molecule is O=C1NC(=O)N(c2ccc(O)cc2)C(=O)/C1=C/c1ccc(OCc2ccc(Cl)c(Cl)c2)c(Cl)c1. The molecule has 3 aromatic carbocycles. The quantitative estimate of drug-likeness (QED) is 0.339. The van der Waals surface area contributed by atoms with E-state index in [1.54, 1.807) is 30.3 Å². The number of barbiturate groups is 1. The van der Waals surface area contributed by atoms with Crippen LogP contribution in [0.5, 0.6) is 11.5 Å². The number of carbonyl (C=O) groups is 3. The van der Waals surface area contributed by atoms with E-state index < -0.39 is 17.8 Å². The first-order chi connectivity index (χ1) is 16.2. The summed E-state index contributed by atoms with van der Waals surface area (Å²) in [6.45, 7) is 0.196.